The van der Waals surface area contributed by atoms with Gasteiger partial charge in [0.15, 0.2) is 0 Å². The molecule has 0 amide bonds. The average molecular weight is 235 g/mol. The number of furan rings is 1. The van der Waals surface area contributed by atoms with Crippen molar-refractivity contribution < 1.29 is 4.42 Å². The van der Waals surface area contributed by atoms with Crippen molar-refractivity contribution in [2.24, 2.45) is 11.8 Å². The Bertz CT molecular complexity index is 342. The van der Waals surface area contributed by atoms with Gasteiger partial charge < -0.3 is 9.73 Å². The second-order valence-corrected chi connectivity index (χ2v) is 5.84. The highest BCUT2D eigenvalue weighted by atomic mass is 16.3. The molecule has 2 unspecified atom stereocenters. The van der Waals surface area contributed by atoms with E-state index in [1.165, 1.54) is 25.0 Å². The van der Waals surface area contributed by atoms with E-state index in [0.29, 0.717) is 5.92 Å². The van der Waals surface area contributed by atoms with Crippen LogP contribution >= 0.6 is 0 Å². The lowest BCUT2D eigenvalue weighted by molar-refractivity contribution is 0.438. The maximum absolute atomic E-state index is 5.84. The van der Waals surface area contributed by atoms with E-state index in [-0.39, 0.29) is 0 Å². The Kier molecular flexibility index (Phi) is 4.27. The standard InChI is InChI=1S/C15H25NO/c1-11(2)5-4-8-16-10-13-6-7-15(17-13)14-9-12(14)3/h6-7,11-12,14,16H,4-5,8-10H2,1-3H3. The minimum atomic E-state index is 0.699. The first-order valence-electron chi connectivity index (χ1n) is 6.96. The third kappa shape index (κ3) is 3.88. The zero-order valence-corrected chi connectivity index (χ0v) is 11.3. The first kappa shape index (κ1) is 12.7. The fourth-order valence-corrected chi connectivity index (χ4v) is 2.25. The lowest BCUT2D eigenvalue weighted by Gasteiger charge is -2.05. The molecule has 0 aliphatic heterocycles. The molecule has 1 aromatic heterocycles. The number of hydrogen-bond donors (Lipinski definition) is 1. The van der Waals surface area contributed by atoms with E-state index >= 15 is 0 Å². The van der Waals surface area contributed by atoms with Crippen LogP contribution in [0.3, 0.4) is 0 Å². The highest BCUT2D eigenvalue weighted by molar-refractivity contribution is 5.17. The van der Waals surface area contributed by atoms with Crippen molar-refractivity contribution in [1.29, 1.82) is 0 Å². The second-order valence-electron chi connectivity index (χ2n) is 5.84. The van der Waals surface area contributed by atoms with Gasteiger partial charge in [0.05, 0.1) is 6.54 Å². The predicted molar refractivity (Wildman–Crippen MR) is 71.0 cm³/mol. The van der Waals surface area contributed by atoms with Gasteiger partial charge in [0.25, 0.3) is 0 Å². The van der Waals surface area contributed by atoms with Crippen LogP contribution in [0.2, 0.25) is 0 Å². The highest BCUT2D eigenvalue weighted by Gasteiger charge is 2.36. The molecule has 0 bridgehead atoms. The first-order valence-corrected chi connectivity index (χ1v) is 6.96. The zero-order chi connectivity index (χ0) is 12.3. The van der Waals surface area contributed by atoms with Crippen molar-refractivity contribution in [3.8, 4) is 0 Å². The summed E-state index contributed by atoms with van der Waals surface area (Å²) >= 11 is 0. The van der Waals surface area contributed by atoms with Crippen LogP contribution in [0.4, 0.5) is 0 Å². The molecule has 0 radical (unpaired) electrons. The lowest BCUT2D eigenvalue weighted by atomic mass is 10.1. The summed E-state index contributed by atoms with van der Waals surface area (Å²) in [6, 6.07) is 4.27. The van der Waals surface area contributed by atoms with Crippen LogP contribution in [0.5, 0.6) is 0 Å². The maximum atomic E-state index is 5.84. The molecule has 0 spiro atoms. The predicted octanol–water partition coefficient (Wildman–Crippen LogP) is 3.93. The van der Waals surface area contributed by atoms with Crippen molar-refractivity contribution in [2.45, 2.75) is 52.5 Å². The topological polar surface area (TPSA) is 25.2 Å². The molecule has 2 atom stereocenters. The Hall–Kier alpha value is -0.760. The minimum Gasteiger partial charge on any atom is -0.464 e. The van der Waals surface area contributed by atoms with E-state index in [4.69, 9.17) is 4.42 Å². The van der Waals surface area contributed by atoms with Crippen LogP contribution in [0.15, 0.2) is 16.5 Å². The molecule has 1 aliphatic rings. The summed E-state index contributed by atoms with van der Waals surface area (Å²) in [7, 11) is 0. The fourth-order valence-electron chi connectivity index (χ4n) is 2.25. The molecule has 17 heavy (non-hydrogen) atoms. The first-order chi connectivity index (χ1) is 8.16. The molecular formula is C15H25NO. The van der Waals surface area contributed by atoms with Crippen LogP contribution < -0.4 is 5.32 Å². The summed E-state index contributed by atoms with van der Waals surface area (Å²) in [5.41, 5.74) is 0. The molecular weight excluding hydrogens is 210 g/mol. The van der Waals surface area contributed by atoms with Crippen LogP contribution in [-0.4, -0.2) is 6.54 Å². The van der Waals surface area contributed by atoms with Crippen molar-refractivity contribution in [3.05, 3.63) is 23.7 Å². The van der Waals surface area contributed by atoms with E-state index in [0.717, 1.165) is 30.7 Å². The van der Waals surface area contributed by atoms with Crippen LogP contribution in [0, 0.1) is 11.8 Å². The van der Waals surface area contributed by atoms with Gasteiger partial charge in [0.1, 0.15) is 11.5 Å². The quantitative estimate of drug-likeness (QED) is 0.724. The summed E-state index contributed by atoms with van der Waals surface area (Å²) in [5, 5.41) is 3.45. The Morgan fingerprint density at radius 1 is 1.41 bits per heavy atom. The molecule has 0 aromatic carbocycles. The van der Waals surface area contributed by atoms with Gasteiger partial charge in [-0.3, -0.25) is 0 Å². The summed E-state index contributed by atoms with van der Waals surface area (Å²) in [6.07, 6.45) is 3.86. The molecule has 1 N–H and O–H groups in total. The molecule has 96 valence electrons. The largest absolute Gasteiger partial charge is 0.464 e. The fraction of sp³-hybridized carbons (Fsp3) is 0.733. The Morgan fingerprint density at radius 2 is 2.18 bits per heavy atom. The van der Waals surface area contributed by atoms with Gasteiger partial charge in [-0.1, -0.05) is 20.8 Å². The van der Waals surface area contributed by atoms with Gasteiger partial charge in [-0.25, -0.2) is 0 Å². The SMILES string of the molecule is CC(C)CCCNCc1ccc(C2CC2C)o1. The average Bonchev–Trinajstić information content (AvgIpc) is 2.83. The zero-order valence-electron chi connectivity index (χ0n) is 11.3. The molecule has 1 aliphatic carbocycles. The maximum Gasteiger partial charge on any atom is 0.117 e. The van der Waals surface area contributed by atoms with E-state index in [1.54, 1.807) is 0 Å². The summed E-state index contributed by atoms with van der Waals surface area (Å²) in [4.78, 5) is 0. The highest BCUT2D eigenvalue weighted by Crippen LogP contribution is 2.47. The van der Waals surface area contributed by atoms with Gasteiger partial charge in [-0.15, -0.1) is 0 Å². The number of hydrogen-bond acceptors (Lipinski definition) is 2. The van der Waals surface area contributed by atoms with Crippen LogP contribution in [-0.2, 0) is 6.54 Å². The van der Waals surface area contributed by atoms with Gasteiger partial charge in [-0.05, 0) is 49.8 Å². The molecule has 2 rings (SSSR count). The van der Waals surface area contributed by atoms with E-state index in [1.807, 2.05) is 0 Å². The van der Waals surface area contributed by atoms with Gasteiger partial charge >= 0.3 is 0 Å². The number of rotatable bonds is 7. The Morgan fingerprint density at radius 3 is 2.82 bits per heavy atom. The molecule has 2 nitrogen and oxygen atoms in total. The minimum absolute atomic E-state index is 0.699. The lowest BCUT2D eigenvalue weighted by Crippen LogP contribution is -2.14. The molecule has 2 heteroatoms. The molecule has 1 fully saturated rings. The van der Waals surface area contributed by atoms with Gasteiger partial charge in [0.2, 0.25) is 0 Å². The van der Waals surface area contributed by atoms with Gasteiger partial charge in [-0.2, -0.15) is 0 Å². The summed E-state index contributed by atoms with van der Waals surface area (Å²) in [5.74, 6) is 4.61. The van der Waals surface area contributed by atoms with E-state index < -0.39 is 0 Å². The van der Waals surface area contributed by atoms with Crippen molar-refractivity contribution in [2.75, 3.05) is 6.54 Å². The Labute approximate surface area is 105 Å². The smallest absolute Gasteiger partial charge is 0.117 e. The van der Waals surface area contributed by atoms with Gasteiger partial charge in [0, 0.05) is 5.92 Å². The molecule has 1 aromatic rings. The van der Waals surface area contributed by atoms with Crippen molar-refractivity contribution in [3.63, 3.8) is 0 Å². The van der Waals surface area contributed by atoms with E-state index in [9.17, 15) is 0 Å². The third-order valence-electron chi connectivity index (χ3n) is 3.59. The van der Waals surface area contributed by atoms with E-state index in [2.05, 4.69) is 38.2 Å². The third-order valence-corrected chi connectivity index (χ3v) is 3.59. The van der Waals surface area contributed by atoms with Crippen molar-refractivity contribution >= 4 is 0 Å². The monoisotopic (exact) mass is 235 g/mol. The molecule has 1 saturated carbocycles. The summed E-state index contributed by atoms with van der Waals surface area (Å²) < 4.78 is 5.84. The van der Waals surface area contributed by atoms with Crippen LogP contribution in [0.1, 0.15) is 57.5 Å². The molecule has 0 saturated heterocycles. The normalized spacial score (nSPS) is 23.3. The summed E-state index contributed by atoms with van der Waals surface area (Å²) in [6.45, 7) is 8.80. The Balaban J connectivity index is 1.64. The van der Waals surface area contributed by atoms with Crippen molar-refractivity contribution in [1.82, 2.24) is 5.32 Å². The second kappa shape index (κ2) is 5.72. The van der Waals surface area contributed by atoms with Crippen LogP contribution in [0.25, 0.3) is 0 Å². The number of nitrogens with one attached hydrogen (secondary N) is 1. The molecule has 1 heterocycles.